The van der Waals surface area contributed by atoms with Gasteiger partial charge in [0.05, 0.1) is 14.2 Å². The van der Waals surface area contributed by atoms with Gasteiger partial charge in [0.1, 0.15) is 0 Å². The Hall–Kier alpha value is -2.28. The lowest BCUT2D eigenvalue weighted by molar-refractivity contribution is 0.235. The van der Waals surface area contributed by atoms with Crippen LogP contribution in [0, 0.1) is 6.92 Å². The summed E-state index contributed by atoms with van der Waals surface area (Å²) in [6.45, 7) is 2.24. The smallest absolute Gasteiger partial charge is 0.253 e. The highest BCUT2D eigenvalue weighted by atomic mass is 16.5. The largest absolute Gasteiger partial charge is 0.493 e. The molecule has 0 fully saturated rings. The molecule has 0 aliphatic carbocycles. The Morgan fingerprint density at radius 1 is 1.15 bits per heavy atom. The summed E-state index contributed by atoms with van der Waals surface area (Å²) < 4.78 is 21.5. The van der Waals surface area contributed by atoms with E-state index in [1.165, 1.54) is 0 Å². The van der Waals surface area contributed by atoms with Crippen LogP contribution in [-0.2, 0) is 13.2 Å². The van der Waals surface area contributed by atoms with Crippen LogP contribution in [-0.4, -0.2) is 24.4 Å². The Bertz CT molecular complexity index is 558. The Kier molecular flexibility index (Phi) is 4.41. The SMILES string of the molecule is COc1cc(CN)cc(OC)c1OCc1nnc(C)o1. The molecule has 1 aromatic carbocycles. The lowest BCUT2D eigenvalue weighted by Crippen LogP contribution is -2.03. The van der Waals surface area contributed by atoms with Gasteiger partial charge < -0.3 is 24.4 Å². The summed E-state index contributed by atoms with van der Waals surface area (Å²) in [7, 11) is 3.11. The zero-order valence-corrected chi connectivity index (χ0v) is 11.7. The molecule has 0 radical (unpaired) electrons. The van der Waals surface area contributed by atoms with Gasteiger partial charge in [-0.2, -0.15) is 0 Å². The van der Waals surface area contributed by atoms with Crippen LogP contribution in [0.4, 0.5) is 0 Å². The molecule has 1 heterocycles. The van der Waals surface area contributed by atoms with Crippen molar-refractivity contribution in [3.8, 4) is 17.2 Å². The normalized spacial score (nSPS) is 10.4. The second kappa shape index (κ2) is 6.25. The monoisotopic (exact) mass is 279 g/mol. The van der Waals surface area contributed by atoms with Crippen molar-refractivity contribution in [1.82, 2.24) is 10.2 Å². The average Bonchev–Trinajstić information content (AvgIpc) is 2.89. The molecule has 0 amide bonds. The summed E-state index contributed by atoms with van der Waals surface area (Å²) in [5.41, 5.74) is 6.52. The summed E-state index contributed by atoms with van der Waals surface area (Å²) in [4.78, 5) is 0. The molecule has 0 saturated carbocycles. The lowest BCUT2D eigenvalue weighted by atomic mass is 10.2. The van der Waals surface area contributed by atoms with E-state index in [0.717, 1.165) is 5.56 Å². The molecule has 0 aliphatic heterocycles. The number of hydrogen-bond donors (Lipinski definition) is 1. The first-order valence-electron chi connectivity index (χ1n) is 6.04. The standard InChI is InChI=1S/C13H17N3O4/c1-8-15-16-12(20-8)7-19-13-10(17-2)4-9(6-14)5-11(13)18-3/h4-5H,6-7,14H2,1-3H3. The molecule has 1 aromatic heterocycles. The molecule has 0 aliphatic rings. The number of nitrogens with two attached hydrogens (primary N) is 1. The third kappa shape index (κ3) is 3.00. The molecule has 2 N–H and O–H groups in total. The van der Waals surface area contributed by atoms with Crippen LogP contribution >= 0.6 is 0 Å². The fourth-order valence-electron chi connectivity index (χ4n) is 1.72. The van der Waals surface area contributed by atoms with Crippen molar-refractivity contribution in [2.24, 2.45) is 5.73 Å². The minimum atomic E-state index is 0.134. The number of aryl methyl sites for hydroxylation is 1. The van der Waals surface area contributed by atoms with E-state index in [9.17, 15) is 0 Å². The van der Waals surface area contributed by atoms with Gasteiger partial charge in [0.25, 0.3) is 5.89 Å². The topological polar surface area (TPSA) is 92.6 Å². The van der Waals surface area contributed by atoms with E-state index in [1.54, 1.807) is 33.3 Å². The minimum Gasteiger partial charge on any atom is -0.493 e. The van der Waals surface area contributed by atoms with Gasteiger partial charge in [0.15, 0.2) is 18.1 Å². The van der Waals surface area contributed by atoms with Crippen molar-refractivity contribution < 1.29 is 18.6 Å². The first-order valence-corrected chi connectivity index (χ1v) is 6.04. The van der Waals surface area contributed by atoms with E-state index < -0.39 is 0 Å². The molecule has 7 heteroatoms. The summed E-state index contributed by atoms with van der Waals surface area (Å²) >= 11 is 0. The molecule has 0 bridgehead atoms. The third-order valence-corrected chi connectivity index (χ3v) is 2.66. The van der Waals surface area contributed by atoms with Crippen LogP contribution in [0.1, 0.15) is 17.3 Å². The molecule has 0 atom stereocenters. The molecule has 20 heavy (non-hydrogen) atoms. The number of nitrogens with zero attached hydrogens (tertiary/aromatic N) is 2. The van der Waals surface area contributed by atoms with Gasteiger partial charge in [0.2, 0.25) is 11.6 Å². The Morgan fingerprint density at radius 2 is 1.80 bits per heavy atom. The summed E-state index contributed by atoms with van der Waals surface area (Å²) in [5.74, 6) is 2.43. The highest BCUT2D eigenvalue weighted by molar-refractivity contribution is 5.53. The Balaban J connectivity index is 2.24. The summed E-state index contributed by atoms with van der Waals surface area (Å²) in [5, 5.41) is 7.60. The molecule has 0 unspecified atom stereocenters. The molecule has 7 nitrogen and oxygen atoms in total. The molecule has 108 valence electrons. The number of methoxy groups -OCH3 is 2. The van der Waals surface area contributed by atoms with Gasteiger partial charge in [-0.1, -0.05) is 0 Å². The van der Waals surface area contributed by atoms with Crippen molar-refractivity contribution in [3.05, 3.63) is 29.5 Å². The van der Waals surface area contributed by atoms with Gasteiger partial charge in [-0.3, -0.25) is 0 Å². The highest BCUT2D eigenvalue weighted by Gasteiger charge is 2.15. The average molecular weight is 279 g/mol. The van der Waals surface area contributed by atoms with Crippen molar-refractivity contribution in [2.75, 3.05) is 14.2 Å². The highest BCUT2D eigenvalue weighted by Crippen LogP contribution is 2.38. The maximum atomic E-state index is 5.66. The van der Waals surface area contributed by atoms with Crippen LogP contribution in [0.3, 0.4) is 0 Å². The fraction of sp³-hybridized carbons (Fsp3) is 0.385. The van der Waals surface area contributed by atoms with E-state index in [4.69, 9.17) is 24.4 Å². The van der Waals surface area contributed by atoms with Crippen molar-refractivity contribution in [1.29, 1.82) is 0 Å². The van der Waals surface area contributed by atoms with Crippen molar-refractivity contribution in [2.45, 2.75) is 20.1 Å². The zero-order chi connectivity index (χ0) is 14.5. The van der Waals surface area contributed by atoms with Gasteiger partial charge in [-0.25, -0.2) is 0 Å². The summed E-state index contributed by atoms with van der Waals surface area (Å²) in [6.07, 6.45) is 0. The molecule has 2 rings (SSSR count). The van der Waals surface area contributed by atoms with E-state index >= 15 is 0 Å². The number of aromatic nitrogens is 2. The molecule has 0 spiro atoms. The first kappa shape index (κ1) is 14.1. The number of ether oxygens (including phenoxy) is 3. The van der Waals surface area contributed by atoms with Crippen LogP contribution in [0.15, 0.2) is 16.5 Å². The van der Waals surface area contributed by atoms with Gasteiger partial charge in [0, 0.05) is 13.5 Å². The fourth-order valence-corrected chi connectivity index (χ4v) is 1.72. The number of benzene rings is 1. The second-order valence-electron chi connectivity index (χ2n) is 4.04. The van der Waals surface area contributed by atoms with E-state index in [0.29, 0.717) is 35.6 Å². The number of hydrogen-bond acceptors (Lipinski definition) is 7. The minimum absolute atomic E-state index is 0.134. The van der Waals surface area contributed by atoms with E-state index in [1.807, 2.05) is 0 Å². The Morgan fingerprint density at radius 3 is 2.25 bits per heavy atom. The van der Waals surface area contributed by atoms with Gasteiger partial charge in [-0.15, -0.1) is 10.2 Å². The number of rotatable bonds is 6. The third-order valence-electron chi connectivity index (χ3n) is 2.66. The van der Waals surface area contributed by atoms with Crippen LogP contribution < -0.4 is 19.9 Å². The molecular formula is C13H17N3O4. The predicted molar refractivity (Wildman–Crippen MR) is 70.8 cm³/mol. The Labute approximate surface area is 116 Å². The molecular weight excluding hydrogens is 262 g/mol. The van der Waals surface area contributed by atoms with Gasteiger partial charge >= 0.3 is 0 Å². The van der Waals surface area contributed by atoms with Crippen LogP contribution in [0.25, 0.3) is 0 Å². The van der Waals surface area contributed by atoms with Gasteiger partial charge in [-0.05, 0) is 17.7 Å². The maximum Gasteiger partial charge on any atom is 0.253 e. The molecule has 0 saturated heterocycles. The second-order valence-corrected chi connectivity index (χ2v) is 4.04. The van der Waals surface area contributed by atoms with E-state index in [-0.39, 0.29) is 6.61 Å². The molecule has 2 aromatic rings. The first-order chi connectivity index (χ1) is 9.67. The van der Waals surface area contributed by atoms with Crippen LogP contribution in [0.5, 0.6) is 17.2 Å². The van der Waals surface area contributed by atoms with Crippen molar-refractivity contribution in [3.63, 3.8) is 0 Å². The predicted octanol–water partition coefficient (Wildman–Crippen LogP) is 1.43. The summed E-state index contributed by atoms with van der Waals surface area (Å²) in [6, 6.07) is 3.60. The van der Waals surface area contributed by atoms with Crippen molar-refractivity contribution >= 4 is 0 Å². The maximum absolute atomic E-state index is 5.66. The quantitative estimate of drug-likeness (QED) is 0.855. The van der Waals surface area contributed by atoms with Crippen LogP contribution in [0.2, 0.25) is 0 Å². The van der Waals surface area contributed by atoms with E-state index in [2.05, 4.69) is 10.2 Å². The zero-order valence-electron chi connectivity index (χ0n) is 11.7. The lowest BCUT2D eigenvalue weighted by Gasteiger charge is -2.14.